The molecule has 5 heteroatoms. The van der Waals surface area contributed by atoms with Crippen LogP contribution in [0.2, 0.25) is 0 Å². The average molecular weight is 438 g/mol. The number of fused-ring (bicyclic) bond motifs is 2. The van der Waals surface area contributed by atoms with E-state index in [0.717, 1.165) is 18.4 Å². The topological polar surface area (TPSA) is 18.5 Å². The van der Waals surface area contributed by atoms with Crippen molar-refractivity contribution in [1.29, 1.82) is 0 Å². The van der Waals surface area contributed by atoms with Gasteiger partial charge < -0.3 is 9.47 Å². The first-order valence-electron chi connectivity index (χ1n) is 10.8. The standard InChI is InChI=1S/C27H25F3O2/c1-3-5-17-6-8-18(9-7-17)10-11-19-12-13-20-15-21-16-22(31-14-4-2)24(29)25(30)27(21)32-26(20)23(19)28/h4,6-9,12-13,16H,2-3,5,10-11,14-15H2,1H3. The lowest BCUT2D eigenvalue weighted by molar-refractivity contribution is 0.321. The lowest BCUT2D eigenvalue weighted by Crippen LogP contribution is -2.11. The second-order valence-electron chi connectivity index (χ2n) is 7.96. The highest BCUT2D eigenvalue weighted by Gasteiger charge is 2.28. The van der Waals surface area contributed by atoms with E-state index < -0.39 is 17.5 Å². The van der Waals surface area contributed by atoms with Gasteiger partial charge in [-0.2, -0.15) is 8.78 Å². The molecule has 0 fully saturated rings. The summed E-state index contributed by atoms with van der Waals surface area (Å²) in [6.45, 7) is 5.69. The molecular weight excluding hydrogens is 413 g/mol. The summed E-state index contributed by atoms with van der Waals surface area (Å²) in [7, 11) is 0. The third kappa shape index (κ3) is 4.38. The summed E-state index contributed by atoms with van der Waals surface area (Å²) in [6.07, 6.45) is 4.95. The van der Waals surface area contributed by atoms with Gasteiger partial charge in [0.15, 0.2) is 23.1 Å². The van der Waals surface area contributed by atoms with Gasteiger partial charge in [-0.25, -0.2) is 4.39 Å². The molecule has 0 saturated carbocycles. The predicted molar refractivity (Wildman–Crippen MR) is 119 cm³/mol. The van der Waals surface area contributed by atoms with Crippen LogP contribution in [0.25, 0.3) is 0 Å². The highest BCUT2D eigenvalue weighted by atomic mass is 19.2. The molecule has 3 aromatic rings. The normalized spacial score (nSPS) is 12.0. The van der Waals surface area contributed by atoms with Gasteiger partial charge in [0.25, 0.3) is 0 Å². The van der Waals surface area contributed by atoms with Crippen LogP contribution in [0.5, 0.6) is 17.2 Å². The van der Waals surface area contributed by atoms with Crippen LogP contribution < -0.4 is 9.47 Å². The number of ether oxygens (including phenoxy) is 2. The smallest absolute Gasteiger partial charge is 0.205 e. The van der Waals surface area contributed by atoms with E-state index in [1.54, 1.807) is 12.1 Å². The van der Waals surface area contributed by atoms with Gasteiger partial charge in [0.1, 0.15) is 6.61 Å². The van der Waals surface area contributed by atoms with Crippen LogP contribution in [0.3, 0.4) is 0 Å². The number of hydrogen-bond donors (Lipinski definition) is 0. The molecule has 0 saturated heterocycles. The van der Waals surface area contributed by atoms with Crippen LogP contribution in [-0.4, -0.2) is 6.61 Å². The molecule has 1 heterocycles. The third-order valence-electron chi connectivity index (χ3n) is 5.65. The molecular formula is C27H25F3O2. The predicted octanol–water partition coefficient (Wildman–Crippen LogP) is 7.10. The van der Waals surface area contributed by atoms with Gasteiger partial charge in [-0.3, -0.25) is 0 Å². The van der Waals surface area contributed by atoms with Gasteiger partial charge in [0, 0.05) is 17.5 Å². The van der Waals surface area contributed by atoms with Crippen molar-refractivity contribution in [2.45, 2.75) is 39.0 Å². The summed E-state index contributed by atoms with van der Waals surface area (Å²) >= 11 is 0. The van der Waals surface area contributed by atoms with Crippen LogP contribution in [0.15, 0.2) is 55.1 Å². The van der Waals surface area contributed by atoms with Crippen LogP contribution in [-0.2, 0) is 25.7 Å². The molecule has 4 rings (SSSR count). The highest BCUT2D eigenvalue weighted by molar-refractivity contribution is 5.54. The second kappa shape index (κ2) is 9.51. The molecule has 0 N–H and O–H groups in total. The molecule has 0 unspecified atom stereocenters. The van der Waals surface area contributed by atoms with Gasteiger partial charge in [0.05, 0.1) is 0 Å². The highest BCUT2D eigenvalue weighted by Crippen LogP contribution is 2.43. The Bertz CT molecular complexity index is 1140. The van der Waals surface area contributed by atoms with Gasteiger partial charge in [-0.05, 0) is 42.0 Å². The Morgan fingerprint density at radius 2 is 1.56 bits per heavy atom. The van der Waals surface area contributed by atoms with E-state index in [4.69, 9.17) is 9.47 Å². The summed E-state index contributed by atoms with van der Waals surface area (Å²) in [6, 6.07) is 13.3. The van der Waals surface area contributed by atoms with Crippen molar-refractivity contribution in [3.8, 4) is 17.2 Å². The quantitative estimate of drug-likeness (QED) is 0.273. The molecule has 0 amide bonds. The fourth-order valence-electron chi connectivity index (χ4n) is 3.96. The minimum atomic E-state index is -1.18. The van der Waals surface area contributed by atoms with Gasteiger partial charge >= 0.3 is 0 Å². The maximum absolute atomic E-state index is 15.2. The Morgan fingerprint density at radius 1 is 0.875 bits per heavy atom. The lowest BCUT2D eigenvalue weighted by atomic mass is 9.95. The molecule has 3 aromatic carbocycles. The fourth-order valence-corrected chi connectivity index (χ4v) is 3.96. The van der Waals surface area contributed by atoms with Gasteiger partial charge in [-0.1, -0.05) is 62.4 Å². The van der Waals surface area contributed by atoms with Crippen molar-refractivity contribution in [2.75, 3.05) is 6.61 Å². The van der Waals surface area contributed by atoms with E-state index in [9.17, 15) is 8.78 Å². The molecule has 0 aliphatic carbocycles. The van der Waals surface area contributed by atoms with Crippen molar-refractivity contribution >= 4 is 0 Å². The maximum atomic E-state index is 15.2. The first-order chi connectivity index (χ1) is 15.5. The minimum Gasteiger partial charge on any atom is -0.486 e. The molecule has 1 aliphatic rings. The molecule has 0 bridgehead atoms. The average Bonchev–Trinajstić information content (AvgIpc) is 2.80. The van der Waals surface area contributed by atoms with Crippen molar-refractivity contribution in [3.05, 3.63) is 100 Å². The molecule has 166 valence electrons. The molecule has 1 aliphatic heterocycles. The first-order valence-corrected chi connectivity index (χ1v) is 10.8. The SMILES string of the molecule is C=CCOc1cc2c(c(F)c1F)Oc1c(ccc(CCc3ccc(CCC)cc3)c1F)C2. The first kappa shape index (κ1) is 22.0. The molecule has 0 radical (unpaired) electrons. The molecule has 32 heavy (non-hydrogen) atoms. The fraction of sp³-hybridized carbons (Fsp3) is 0.259. The van der Waals surface area contributed by atoms with E-state index >= 15 is 4.39 Å². The second-order valence-corrected chi connectivity index (χ2v) is 7.96. The Hall–Kier alpha value is -3.21. The zero-order valence-corrected chi connectivity index (χ0v) is 18.0. The Kier molecular flexibility index (Phi) is 6.54. The van der Waals surface area contributed by atoms with Crippen LogP contribution in [0.4, 0.5) is 13.2 Å². The van der Waals surface area contributed by atoms with E-state index in [0.29, 0.717) is 29.5 Å². The van der Waals surface area contributed by atoms with Gasteiger partial charge in [-0.15, -0.1) is 0 Å². The molecule has 0 aromatic heterocycles. The summed E-state index contributed by atoms with van der Waals surface area (Å²) in [5.41, 5.74) is 3.89. The molecule has 2 nitrogen and oxygen atoms in total. The lowest BCUT2D eigenvalue weighted by Gasteiger charge is -2.23. The van der Waals surface area contributed by atoms with Crippen molar-refractivity contribution in [2.24, 2.45) is 0 Å². The van der Waals surface area contributed by atoms with Crippen molar-refractivity contribution < 1.29 is 22.6 Å². The zero-order chi connectivity index (χ0) is 22.7. The van der Waals surface area contributed by atoms with Crippen LogP contribution in [0, 0.1) is 17.5 Å². The summed E-state index contributed by atoms with van der Waals surface area (Å²) in [5.74, 6) is -3.39. The summed E-state index contributed by atoms with van der Waals surface area (Å²) in [4.78, 5) is 0. The number of aryl methyl sites for hydroxylation is 3. The minimum absolute atomic E-state index is 0.0358. The molecule has 0 atom stereocenters. The van der Waals surface area contributed by atoms with Crippen LogP contribution >= 0.6 is 0 Å². The number of halogens is 3. The van der Waals surface area contributed by atoms with Crippen molar-refractivity contribution in [3.63, 3.8) is 0 Å². The maximum Gasteiger partial charge on any atom is 0.205 e. The van der Waals surface area contributed by atoms with Crippen molar-refractivity contribution in [1.82, 2.24) is 0 Å². The van der Waals surface area contributed by atoms with Crippen LogP contribution in [0.1, 0.15) is 41.2 Å². The Balaban J connectivity index is 1.54. The summed E-state index contributed by atoms with van der Waals surface area (Å²) < 4.78 is 54.9. The Labute approximate surface area is 186 Å². The number of benzene rings is 3. The van der Waals surface area contributed by atoms with Gasteiger partial charge in [0.2, 0.25) is 11.6 Å². The zero-order valence-electron chi connectivity index (χ0n) is 18.0. The molecule has 0 spiro atoms. The largest absolute Gasteiger partial charge is 0.486 e. The third-order valence-corrected chi connectivity index (χ3v) is 5.65. The van der Waals surface area contributed by atoms with E-state index in [1.165, 1.54) is 17.7 Å². The number of hydrogen-bond acceptors (Lipinski definition) is 2. The van der Waals surface area contributed by atoms with E-state index in [1.807, 2.05) is 0 Å². The number of rotatable bonds is 8. The Morgan fingerprint density at radius 3 is 2.25 bits per heavy atom. The summed E-state index contributed by atoms with van der Waals surface area (Å²) in [5, 5.41) is 0. The van der Waals surface area contributed by atoms with E-state index in [2.05, 4.69) is 37.8 Å². The monoisotopic (exact) mass is 438 g/mol. The van der Waals surface area contributed by atoms with E-state index in [-0.39, 0.29) is 30.3 Å².